The van der Waals surface area contributed by atoms with Crippen LogP contribution in [0.4, 0.5) is 11.6 Å². The van der Waals surface area contributed by atoms with Crippen LogP contribution in [-0.4, -0.2) is 28.0 Å². The van der Waals surface area contributed by atoms with Crippen LogP contribution in [0.2, 0.25) is 0 Å². The Bertz CT molecular complexity index is 500. The van der Waals surface area contributed by atoms with Crippen molar-refractivity contribution in [2.24, 2.45) is 0 Å². The van der Waals surface area contributed by atoms with Gasteiger partial charge in [0.25, 0.3) is 0 Å². The molecule has 0 radical (unpaired) electrons. The van der Waals surface area contributed by atoms with E-state index in [4.69, 9.17) is 0 Å². The highest BCUT2D eigenvalue weighted by Crippen LogP contribution is 2.15. The third kappa shape index (κ3) is 3.64. The monoisotopic (exact) mass is 257 g/mol. The van der Waals surface area contributed by atoms with Crippen molar-refractivity contribution in [3.8, 4) is 0 Å². The van der Waals surface area contributed by atoms with E-state index >= 15 is 0 Å². The molecule has 19 heavy (non-hydrogen) atoms. The van der Waals surface area contributed by atoms with Crippen molar-refractivity contribution in [2.45, 2.75) is 20.4 Å². The Morgan fingerprint density at radius 3 is 2.74 bits per heavy atom. The first-order chi connectivity index (χ1) is 9.33. The highest BCUT2D eigenvalue weighted by atomic mass is 15.2. The molecule has 0 aliphatic carbocycles. The molecule has 0 atom stereocenters. The van der Waals surface area contributed by atoms with Gasteiger partial charge in [0, 0.05) is 25.4 Å². The molecule has 0 fully saturated rings. The van der Waals surface area contributed by atoms with Crippen molar-refractivity contribution >= 4 is 11.6 Å². The van der Waals surface area contributed by atoms with E-state index in [1.807, 2.05) is 37.4 Å². The van der Waals surface area contributed by atoms with Crippen molar-refractivity contribution in [3.05, 3.63) is 42.5 Å². The normalized spacial score (nSPS) is 10.2. The van der Waals surface area contributed by atoms with E-state index in [1.165, 1.54) is 0 Å². The number of nitrogens with one attached hydrogen (secondary N) is 1. The molecule has 1 N–H and O–H groups in total. The molecule has 0 unspecified atom stereocenters. The molecule has 2 aromatic rings. The van der Waals surface area contributed by atoms with Crippen LogP contribution in [0, 0.1) is 0 Å². The lowest BCUT2D eigenvalue weighted by Crippen LogP contribution is -2.23. The van der Waals surface area contributed by atoms with Crippen LogP contribution in [0.15, 0.2) is 36.8 Å². The largest absolute Gasteiger partial charge is 0.370 e. The highest BCUT2D eigenvalue weighted by molar-refractivity contribution is 5.48. The Labute approximate surface area is 113 Å². The first kappa shape index (κ1) is 13.3. The molecule has 0 spiro atoms. The van der Waals surface area contributed by atoms with Crippen LogP contribution < -0.4 is 10.2 Å². The number of hydrogen-bond acceptors (Lipinski definition) is 5. The molecule has 5 heteroatoms. The summed E-state index contributed by atoms with van der Waals surface area (Å²) in [6.07, 6.45) is 3.40. The smallest absolute Gasteiger partial charge is 0.134 e. The molecule has 0 saturated heterocycles. The molecule has 0 amide bonds. The number of hydrogen-bond donors (Lipinski definition) is 1. The molecule has 2 heterocycles. The summed E-state index contributed by atoms with van der Waals surface area (Å²) in [5, 5.41) is 3.20. The first-order valence-corrected chi connectivity index (χ1v) is 6.54. The molecule has 2 aromatic heterocycles. The predicted molar refractivity (Wildman–Crippen MR) is 77.2 cm³/mol. The van der Waals surface area contributed by atoms with E-state index in [2.05, 4.69) is 32.1 Å². The summed E-state index contributed by atoms with van der Waals surface area (Å²) in [5.41, 5.74) is 1.04. The first-order valence-electron chi connectivity index (χ1n) is 6.54. The topological polar surface area (TPSA) is 53.9 Å². The summed E-state index contributed by atoms with van der Waals surface area (Å²) in [5.74, 6) is 1.77. The van der Waals surface area contributed by atoms with Crippen LogP contribution >= 0.6 is 0 Å². The van der Waals surface area contributed by atoms with Crippen LogP contribution in [-0.2, 0) is 6.54 Å². The second-order valence-electron chi connectivity index (χ2n) is 4.13. The van der Waals surface area contributed by atoms with Crippen LogP contribution in [0.25, 0.3) is 0 Å². The quantitative estimate of drug-likeness (QED) is 0.860. The van der Waals surface area contributed by atoms with Gasteiger partial charge in [-0.3, -0.25) is 4.98 Å². The van der Waals surface area contributed by atoms with E-state index in [9.17, 15) is 0 Å². The molecule has 5 nitrogen and oxygen atoms in total. The number of rotatable bonds is 6. The van der Waals surface area contributed by atoms with Gasteiger partial charge in [-0.15, -0.1) is 0 Å². The summed E-state index contributed by atoms with van der Waals surface area (Å²) in [7, 11) is 0. The third-order valence-corrected chi connectivity index (χ3v) is 2.80. The van der Waals surface area contributed by atoms with Gasteiger partial charge in [0.1, 0.15) is 18.0 Å². The second-order valence-corrected chi connectivity index (χ2v) is 4.13. The van der Waals surface area contributed by atoms with Gasteiger partial charge in [0.15, 0.2) is 0 Å². The Morgan fingerprint density at radius 2 is 2.05 bits per heavy atom. The van der Waals surface area contributed by atoms with Gasteiger partial charge >= 0.3 is 0 Å². The average Bonchev–Trinajstić information content (AvgIpc) is 2.46. The summed E-state index contributed by atoms with van der Waals surface area (Å²) in [6, 6.07) is 7.92. The second kappa shape index (κ2) is 6.68. The minimum Gasteiger partial charge on any atom is -0.370 e. The number of aromatic nitrogens is 3. The fraction of sp³-hybridized carbons (Fsp3) is 0.357. The lowest BCUT2D eigenvalue weighted by molar-refractivity contribution is 0.791. The maximum absolute atomic E-state index is 4.35. The minimum atomic E-state index is 0.750. The molecule has 0 aromatic carbocycles. The van der Waals surface area contributed by atoms with Crippen molar-refractivity contribution in [2.75, 3.05) is 23.3 Å². The third-order valence-electron chi connectivity index (χ3n) is 2.80. The van der Waals surface area contributed by atoms with E-state index in [0.29, 0.717) is 0 Å². The van der Waals surface area contributed by atoms with E-state index in [1.54, 1.807) is 6.33 Å². The Kier molecular flexibility index (Phi) is 4.66. The van der Waals surface area contributed by atoms with E-state index < -0.39 is 0 Å². The van der Waals surface area contributed by atoms with E-state index in [-0.39, 0.29) is 0 Å². The predicted octanol–water partition coefficient (Wildman–Crippen LogP) is 2.33. The van der Waals surface area contributed by atoms with E-state index in [0.717, 1.165) is 37.0 Å². The SMILES string of the molecule is CCNc1cc(N(CC)Cc2ccccn2)ncn1. The number of pyridine rings is 1. The Balaban J connectivity index is 2.15. The minimum absolute atomic E-state index is 0.750. The standard InChI is InChI=1S/C14H19N5/c1-3-15-13-9-14(18-11-17-13)19(4-2)10-12-7-5-6-8-16-12/h5-9,11H,3-4,10H2,1-2H3,(H,15,17,18). The lowest BCUT2D eigenvalue weighted by atomic mass is 10.3. The number of nitrogens with zero attached hydrogens (tertiary/aromatic N) is 4. The maximum Gasteiger partial charge on any atom is 0.134 e. The fourth-order valence-electron chi connectivity index (χ4n) is 1.84. The lowest BCUT2D eigenvalue weighted by Gasteiger charge is -2.21. The fourth-order valence-corrected chi connectivity index (χ4v) is 1.84. The van der Waals surface area contributed by atoms with Gasteiger partial charge in [-0.2, -0.15) is 0 Å². The number of anilines is 2. The van der Waals surface area contributed by atoms with Crippen LogP contribution in [0.3, 0.4) is 0 Å². The maximum atomic E-state index is 4.35. The molecule has 0 saturated carbocycles. The molecule has 0 aliphatic rings. The summed E-state index contributed by atoms with van der Waals surface area (Å²) < 4.78 is 0. The Hall–Kier alpha value is -2.17. The van der Waals surface area contributed by atoms with Crippen molar-refractivity contribution < 1.29 is 0 Å². The van der Waals surface area contributed by atoms with Crippen LogP contribution in [0.5, 0.6) is 0 Å². The van der Waals surface area contributed by atoms with Gasteiger partial charge in [-0.05, 0) is 26.0 Å². The summed E-state index contributed by atoms with van der Waals surface area (Å²) in [6.45, 7) is 6.63. The van der Waals surface area contributed by atoms with Crippen molar-refractivity contribution in [3.63, 3.8) is 0 Å². The average molecular weight is 257 g/mol. The zero-order valence-corrected chi connectivity index (χ0v) is 11.4. The van der Waals surface area contributed by atoms with Gasteiger partial charge in [0.05, 0.1) is 12.2 Å². The highest BCUT2D eigenvalue weighted by Gasteiger charge is 2.08. The zero-order valence-electron chi connectivity index (χ0n) is 11.4. The molecule has 100 valence electrons. The van der Waals surface area contributed by atoms with Crippen molar-refractivity contribution in [1.29, 1.82) is 0 Å². The van der Waals surface area contributed by atoms with Crippen molar-refractivity contribution in [1.82, 2.24) is 15.0 Å². The molecule has 2 rings (SSSR count). The molecular weight excluding hydrogens is 238 g/mol. The van der Waals surface area contributed by atoms with Crippen LogP contribution in [0.1, 0.15) is 19.5 Å². The van der Waals surface area contributed by atoms with Gasteiger partial charge < -0.3 is 10.2 Å². The van der Waals surface area contributed by atoms with Gasteiger partial charge in [-0.25, -0.2) is 9.97 Å². The molecule has 0 bridgehead atoms. The zero-order chi connectivity index (χ0) is 13.5. The summed E-state index contributed by atoms with van der Waals surface area (Å²) >= 11 is 0. The molecular formula is C14H19N5. The van der Waals surface area contributed by atoms with Gasteiger partial charge in [-0.1, -0.05) is 6.07 Å². The summed E-state index contributed by atoms with van der Waals surface area (Å²) in [4.78, 5) is 15.0. The Morgan fingerprint density at radius 1 is 1.16 bits per heavy atom. The van der Waals surface area contributed by atoms with Gasteiger partial charge in [0.2, 0.25) is 0 Å². The molecule has 0 aliphatic heterocycles.